The minimum absolute atomic E-state index is 0.0584. The molecule has 0 saturated carbocycles. The molecule has 1 fully saturated rings. The second-order valence-electron chi connectivity index (χ2n) is 7.05. The van der Waals surface area contributed by atoms with Crippen molar-refractivity contribution in [1.82, 2.24) is 9.88 Å². The Bertz CT molecular complexity index is 979. The molecular weight excluding hydrogens is 394 g/mol. The fourth-order valence-corrected chi connectivity index (χ4v) is 4.59. The van der Waals surface area contributed by atoms with E-state index in [4.69, 9.17) is 21.3 Å². The van der Waals surface area contributed by atoms with Gasteiger partial charge in [-0.15, -0.1) is 0 Å². The molecule has 1 aromatic heterocycles. The van der Waals surface area contributed by atoms with Gasteiger partial charge < -0.3 is 14.5 Å². The molecule has 0 bridgehead atoms. The molecule has 1 amide bonds. The van der Waals surface area contributed by atoms with Gasteiger partial charge in [-0.25, -0.2) is 4.98 Å². The zero-order valence-electron chi connectivity index (χ0n) is 15.9. The van der Waals surface area contributed by atoms with Crippen LogP contribution in [-0.4, -0.2) is 48.1 Å². The lowest BCUT2D eigenvalue weighted by Crippen LogP contribution is -2.48. The molecule has 1 aliphatic heterocycles. The number of para-hydroxylation sites is 1. The minimum Gasteiger partial charge on any atom is -0.491 e. The number of thiazole rings is 1. The molecule has 0 N–H and O–H groups in total. The monoisotopic (exact) mass is 415 g/mol. The summed E-state index contributed by atoms with van der Waals surface area (Å²) in [5, 5.41) is 1.64. The van der Waals surface area contributed by atoms with Gasteiger partial charge in [-0.05, 0) is 50.2 Å². The van der Waals surface area contributed by atoms with E-state index in [1.165, 1.54) is 0 Å². The van der Waals surface area contributed by atoms with Crippen molar-refractivity contribution in [3.63, 3.8) is 0 Å². The van der Waals surface area contributed by atoms with Gasteiger partial charge in [0.2, 0.25) is 0 Å². The molecule has 0 unspecified atom stereocenters. The Morgan fingerprint density at radius 3 is 2.46 bits per heavy atom. The molecule has 0 atom stereocenters. The molecule has 1 aliphatic rings. The first-order valence-corrected chi connectivity index (χ1v) is 10.6. The molecule has 4 rings (SSSR count). The number of piperazine rings is 1. The summed E-state index contributed by atoms with van der Waals surface area (Å²) in [6.45, 7) is 6.84. The van der Waals surface area contributed by atoms with Crippen LogP contribution in [0.25, 0.3) is 10.2 Å². The van der Waals surface area contributed by atoms with Gasteiger partial charge in [-0.1, -0.05) is 29.0 Å². The summed E-state index contributed by atoms with van der Waals surface area (Å²) >= 11 is 7.89. The van der Waals surface area contributed by atoms with E-state index in [1.54, 1.807) is 11.3 Å². The summed E-state index contributed by atoms with van der Waals surface area (Å²) in [5.74, 6) is 0.842. The fourth-order valence-electron chi connectivity index (χ4n) is 3.27. The van der Waals surface area contributed by atoms with Crippen LogP contribution in [-0.2, 0) is 0 Å². The summed E-state index contributed by atoms with van der Waals surface area (Å²) in [4.78, 5) is 21.6. The maximum Gasteiger partial charge on any atom is 0.253 e. The third-order valence-electron chi connectivity index (χ3n) is 4.67. The summed E-state index contributed by atoms with van der Waals surface area (Å²) in [5.41, 5.74) is 1.54. The van der Waals surface area contributed by atoms with Crippen LogP contribution in [0.1, 0.15) is 24.2 Å². The first kappa shape index (κ1) is 19.0. The highest BCUT2D eigenvalue weighted by Gasteiger charge is 2.24. The Morgan fingerprint density at radius 1 is 1.11 bits per heavy atom. The van der Waals surface area contributed by atoms with Crippen LogP contribution < -0.4 is 9.64 Å². The molecule has 0 aliphatic carbocycles. The standard InChI is InChI=1S/C21H22ClN3O2S/c1-14(2)27-16-8-6-15(7-9-16)20(26)24-10-12-25(13-11-24)21-23-19-17(22)4-3-5-18(19)28-21/h3-9,14H,10-13H2,1-2H3. The number of rotatable bonds is 4. The first-order valence-electron chi connectivity index (χ1n) is 9.37. The highest BCUT2D eigenvalue weighted by atomic mass is 35.5. The predicted octanol–water partition coefficient (Wildman–Crippen LogP) is 4.70. The Labute approximate surface area is 173 Å². The number of amides is 1. The molecule has 5 nitrogen and oxygen atoms in total. The average molecular weight is 416 g/mol. The number of nitrogens with zero attached hydrogens (tertiary/aromatic N) is 3. The lowest BCUT2D eigenvalue weighted by molar-refractivity contribution is 0.0746. The SMILES string of the molecule is CC(C)Oc1ccc(C(=O)N2CCN(c3nc4c(Cl)cccc4s3)CC2)cc1. The van der Waals surface area contributed by atoms with E-state index in [1.807, 2.05) is 61.2 Å². The van der Waals surface area contributed by atoms with Gasteiger partial charge in [-0.2, -0.15) is 0 Å². The summed E-state index contributed by atoms with van der Waals surface area (Å²) in [6.07, 6.45) is 0.118. The van der Waals surface area contributed by atoms with Crippen LogP contribution in [0, 0.1) is 0 Å². The van der Waals surface area contributed by atoms with Crippen molar-refractivity contribution >= 4 is 44.2 Å². The molecule has 7 heteroatoms. The topological polar surface area (TPSA) is 45.7 Å². The number of hydrogen-bond donors (Lipinski definition) is 0. The van der Waals surface area contributed by atoms with Crippen molar-refractivity contribution < 1.29 is 9.53 Å². The van der Waals surface area contributed by atoms with Gasteiger partial charge >= 0.3 is 0 Å². The normalized spacial score (nSPS) is 14.7. The Hall–Kier alpha value is -2.31. The van der Waals surface area contributed by atoms with Crippen LogP contribution >= 0.6 is 22.9 Å². The average Bonchev–Trinajstić information content (AvgIpc) is 3.13. The quantitative estimate of drug-likeness (QED) is 0.619. The molecule has 0 radical (unpaired) electrons. The number of carbonyl (C=O) groups excluding carboxylic acids is 1. The minimum atomic E-state index is 0.0584. The third-order valence-corrected chi connectivity index (χ3v) is 6.06. The maximum absolute atomic E-state index is 12.8. The number of halogens is 1. The van der Waals surface area contributed by atoms with Crippen molar-refractivity contribution in [3.05, 3.63) is 53.1 Å². The molecule has 28 heavy (non-hydrogen) atoms. The molecule has 1 saturated heterocycles. The molecular formula is C21H22ClN3O2S. The highest BCUT2D eigenvalue weighted by Crippen LogP contribution is 2.33. The smallest absolute Gasteiger partial charge is 0.253 e. The molecule has 2 aromatic carbocycles. The molecule has 146 valence electrons. The Kier molecular flexibility index (Phi) is 5.42. The number of ether oxygens (including phenoxy) is 1. The number of anilines is 1. The van der Waals surface area contributed by atoms with Gasteiger partial charge in [0.1, 0.15) is 11.3 Å². The van der Waals surface area contributed by atoms with Gasteiger partial charge in [0, 0.05) is 31.7 Å². The van der Waals surface area contributed by atoms with Gasteiger partial charge in [0.05, 0.1) is 15.8 Å². The number of carbonyl (C=O) groups is 1. The zero-order valence-corrected chi connectivity index (χ0v) is 17.5. The lowest BCUT2D eigenvalue weighted by atomic mass is 10.1. The van der Waals surface area contributed by atoms with Crippen molar-refractivity contribution in [3.8, 4) is 5.75 Å². The summed E-state index contributed by atoms with van der Waals surface area (Å²) < 4.78 is 6.73. The van der Waals surface area contributed by atoms with Crippen molar-refractivity contribution in [2.45, 2.75) is 20.0 Å². The van der Waals surface area contributed by atoms with Crippen molar-refractivity contribution in [1.29, 1.82) is 0 Å². The Balaban J connectivity index is 1.40. The van der Waals surface area contributed by atoms with E-state index in [-0.39, 0.29) is 12.0 Å². The Morgan fingerprint density at radius 2 is 1.82 bits per heavy atom. The van der Waals surface area contributed by atoms with E-state index in [0.717, 1.165) is 34.2 Å². The molecule has 0 spiro atoms. The van der Waals surface area contributed by atoms with Crippen LogP contribution in [0.2, 0.25) is 5.02 Å². The van der Waals surface area contributed by atoms with Gasteiger partial charge in [0.15, 0.2) is 5.13 Å². The van der Waals surface area contributed by atoms with E-state index in [9.17, 15) is 4.79 Å². The summed E-state index contributed by atoms with van der Waals surface area (Å²) in [6, 6.07) is 13.2. The summed E-state index contributed by atoms with van der Waals surface area (Å²) in [7, 11) is 0. The van der Waals surface area contributed by atoms with Crippen molar-refractivity contribution in [2.24, 2.45) is 0 Å². The highest BCUT2D eigenvalue weighted by molar-refractivity contribution is 7.22. The van der Waals surface area contributed by atoms with E-state index in [2.05, 4.69) is 4.90 Å². The number of fused-ring (bicyclic) bond motifs is 1. The van der Waals surface area contributed by atoms with Gasteiger partial charge in [0.25, 0.3) is 5.91 Å². The van der Waals surface area contributed by atoms with Crippen molar-refractivity contribution in [2.75, 3.05) is 31.1 Å². The lowest BCUT2D eigenvalue weighted by Gasteiger charge is -2.34. The molecule has 3 aromatic rings. The van der Waals surface area contributed by atoms with E-state index < -0.39 is 0 Å². The second-order valence-corrected chi connectivity index (χ2v) is 8.47. The van der Waals surface area contributed by atoms with Crippen LogP contribution in [0.4, 0.5) is 5.13 Å². The number of hydrogen-bond acceptors (Lipinski definition) is 5. The van der Waals surface area contributed by atoms with E-state index >= 15 is 0 Å². The molecule has 2 heterocycles. The first-order chi connectivity index (χ1) is 13.5. The van der Waals surface area contributed by atoms with E-state index in [0.29, 0.717) is 23.7 Å². The van der Waals surface area contributed by atoms with Crippen LogP contribution in [0.3, 0.4) is 0 Å². The second kappa shape index (κ2) is 7.97. The largest absolute Gasteiger partial charge is 0.491 e. The fraction of sp³-hybridized carbons (Fsp3) is 0.333. The van der Waals surface area contributed by atoms with Crippen LogP contribution in [0.5, 0.6) is 5.75 Å². The number of benzene rings is 2. The maximum atomic E-state index is 12.8. The zero-order chi connectivity index (χ0) is 19.7. The number of aromatic nitrogens is 1. The predicted molar refractivity (Wildman–Crippen MR) is 115 cm³/mol. The van der Waals surface area contributed by atoms with Crippen LogP contribution in [0.15, 0.2) is 42.5 Å². The third kappa shape index (κ3) is 3.93. The van der Waals surface area contributed by atoms with Gasteiger partial charge in [-0.3, -0.25) is 4.79 Å².